The van der Waals surface area contributed by atoms with Crippen LogP contribution in [0.5, 0.6) is 0 Å². The van der Waals surface area contributed by atoms with Gasteiger partial charge in [0.1, 0.15) is 0 Å². The molecule has 3 heterocycles. The Morgan fingerprint density at radius 1 is 0.854 bits per heavy atom. The van der Waals surface area contributed by atoms with Crippen molar-refractivity contribution in [2.45, 2.75) is 44.7 Å². The number of alkyl halides is 6. The van der Waals surface area contributed by atoms with Crippen molar-refractivity contribution in [3.63, 3.8) is 0 Å². The first-order valence-electron chi connectivity index (χ1n) is 11.3. The fraction of sp³-hybridized carbons (Fsp3) is 0.333. The van der Waals surface area contributed by atoms with Gasteiger partial charge in [0, 0.05) is 38.2 Å². The molecule has 0 saturated carbocycles. The molecule has 3 aromatic rings. The van der Waals surface area contributed by atoms with Crippen LogP contribution in [0.25, 0.3) is 0 Å². The Bertz CT molecular complexity index is 1260. The van der Waals surface area contributed by atoms with E-state index in [0.717, 1.165) is 16.8 Å². The molecule has 17 heteroatoms. The number of carboxylic acid groups (broad SMARTS) is 2. The molecule has 41 heavy (non-hydrogen) atoms. The largest absolute Gasteiger partial charge is 0.490 e. The molecule has 1 atom stereocenters. The lowest BCUT2D eigenvalue weighted by atomic mass is 10.2. The molecule has 0 aliphatic carbocycles. The van der Waals surface area contributed by atoms with Gasteiger partial charge in [0.15, 0.2) is 11.6 Å². The maximum Gasteiger partial charge on any atom is 0.490 e. The van der Waals surface area contributed by atoms with Crippen LogP contribution in [-0.2, 0) is 40.6 Å². The van der Waals surface area contributed by atoms with Gasteiger partial charge in [0.2, 0.25) is 0 Å². The Morgan fingerprint density at radius 3 is 1.98 bits per heavy atom. The van der Waals surface area contributed by atoms with E-state index in [1.54, 1.807) is 24.7 Å². The van der Waals surface area contributed by atoms with Crippen LogP contribution in [0.4, 0.5) is 35.1 Å². The second-order valence-corrected chi connectivity index (χ2v) is 8.32. The smallest absolute Gasteiger partial charge is 0.475 e. The summed E-state index contributed by atoms with van der Waals surface area (Å²) in [5.41, 5.74) is 2.87. The van der Waals surface area contributed by atoms with E-state index < -0.39 is 35.9 Å². The minimum Gasteiger partial charge on any atom is -0.475 e. The van der Waals surface area contributed by atoms with Crippen molar-refractivity contribution >= 4 is 11.9 Å². The highest BCUT2D eigenvalue weighted by molar-refractivity contribution is 5.73. The second-order valence-electron chi connectivity index (χ2n) is 8.32. The molecule has 1 aliphatic heterocycles. The minimum absolute atomic E-state index is 0.0652. The van der Waals surface area contributed by atoms with Crippen molar-refractivity contribution in [2.24, 2.45) is 0 Å². The standard InChI is InChI=1S/C20H20F2N4O.2C2HF3O2/c21-19-2-1-16(9-20(19)22)10-25-11-17-5-8-24-26(17)13-18(12-25)27-14-15-3-6-23-7-4-15;2*3-2(4,5)1(6)7/h1-9,18H,10-14H2;2*(H,6,7). The molecule has 1 unspecified atom stereocenters. The number of pyridine rings is 1. The minimum atomic E-state index is -5.08. The van der Waals surface area contributed by atoms with Gasteiger partial charge < -0.3 is 14.9 Å². The summed E-state index contributed by atoms with van der Waals surface area (Å²) < 4.78 is 98.3. The molecule has 1 aromatic carbocycles. The van der Waals surface area contributed by atoms with Crippen LogP contribution >= 0.6 is 0 Å². The molecule has 0 spiro atoms. The van der Waals surface area contributed by atoms with Crippen molar-refractivity contribution in [2.75, 3.05) is 6.54 Å². The highest BCUT2D eigenvalue weighted by atomic mass is 19.4. The molecular formula is C24H22F8N4O5. The number of fused-ring (bicyclic) bond motifs is 1. The van der Waals surface area contributed by atoms with Crippen molar-refractivity contribution in [1.29, 1.82) is 0 Å². The molecule has 0 bridgehead atoms. The summed E-state index contributed by atoms with van der Waals surface area (Å²) in [4.78, 5) is 24.0. The normalized spacial score (nSPS) is 15.4. The zero-order valence-electron chi connectivity index (χ0n) is 20.7. The monoisotopic (exact) mass is 598 g/mol. The zero-order valence-corrected chi connectivity index (χ0v) is 20.7. The zero-order chi connectivity index (χ0) is 30.8. The van der Waals surface area contributed by atoms with E-state index in [9.17, 15) is 35.1 Å². The van der Waals surface area contributed by atoms with Crippen LogP contribution in [0.15, 0.2) is 55.0 Å². The van der Waals surface area contributed by atoms with Gasteiger partial charge in [-0.15, -0.1) is 0 Å². The van der Waals surface area contributed by atoms with Crippen molar-refractivity contribution < 1.29 is 59.7 Å². The van der Waals surface area contributed by atoms with Gasteiger partial charge in [-0.25, -0.2) is 18.4 Å². The van der Waals surface area contributed by atoms with Gasteiger partial charge >= 0.3 is 24.3 Å². The number of aliphatic carboxylic acids is 2. The number of nitrogens with zero attached hydrogens (tertiary/aromatic N) is 4. The van der Waals surface area contributed by atoms with Gasteiger partial charge in [-0.2, -0.15) is 31.4 Å². The lowest BCUT2D eigenvalue weighted by Gasteiger charge is -2.24. The molecule has 2 N–H and O–H groups in total. The van der Waals surface area contributed by atoms with E-state index in [2.05, 4.69) is 15.0 Å². The third kappa shape index (κ3) is 11.5. The molecule has 4 rings (SSSR count). The Labute approximate surface area is 226 Å². The lowest BCUT2D eigenvalue weighted by Crippen LogP contribution is -2.32. The van der Waals surface area contributed by atoms with E-state index in [1.807, 2.05) is 22.9 Å². The van der Waals surface area contributed by atoms with Gasteiger partial charge in [-0.05, 0) is 41.5 Å². The summed E-state index contributed by atoms with van der Waals surface area (Å²) >= 11 is 0. The molecule has 0 radical (unpaired) electrons. The number of aromatic nitrogens is 3. The summed E-state index contributed by atoms with van der Waals surface area (Å²) in [7, 11) is 0. The molecule has 0 amide bonds. The number of ether oxygens (including phenoxy) is 1. The van der Waals surface area contributed by atoms with Gasteiger partial charge in [0.25, 0.3) is 0 Å². The quantitative estimate of drug-likeness (QED) is 0.415. The number of carbonyl (C=O) groups is 2. The predicted octanol–water partition coefficient (Wildman–Crippen LogP) is 4.42. The van der Waals surface area contributed by atoms with Crippen molar-refractivity contribution in [3.05, 3.63) is 83.4 Å². The number of halogens is 8. The topological polar surface area (TPSA) is 118 Å². The average molecular weight is 598 g/mol. The molecule has 9 nitrogen and oxygen atoms in total. The fourth-order valence-corrected chi connectivity index (χ4v) is 3.31. The highest BCUT2D eigenvalue weighted by Gasteiger charge is 2.38. The van der Waals surface area contributed by atoms with Gasteiger partial charge in [-0.3, -0.25) is 14.6 Å². The van der Waals surface area contributed by atoms with E-state index in [4.69, 9.17) is 24.5 Å². The second kappa shape index (κ2) is 14.5. The predicted molar refractivity (Wildman–Crippen MR) is 123 cm³/mol. The fourth-order valence-electron chi connectivity index (χ4n) is 3.31. The Morgan fingerprint density at radius 2 is 1.44 bits per heavy atom. The summed E-state index contributed by atoms with van der Waals surface area (Å²) in [5.74, 6) is -7.16. The Hall–Kier alpha value is -4.12. The van der Waals surface area contributed by atoms with Gasteiger partial charge in [0.05, 0.1) is 24.9 Å². The molecule has 0 fully saturated rings. The molecule has 224 valence electrons. The maximum atomic E-state index is 13.6. The highest BCUT2D eigenvalue weighted by Crippen LogP contribution is 2.19. The number of carboxylic acids is 2. The maximum absolute atomic E-state index is 13.6. The number of hydrogen-bond donors (Lipinski definition) is 2. The summed E-state index contributed by atoms with van der Waals surface area (Å²) in [6, 6.07) is 9.87. The van der Waals surface area contributed by atoms with Crippen LogP contribution < -0.4 is 0 Å². The molecule has 1 aliphatic rings. The first-order valence-corrected chi connectivity index (χ1v) is 11.3. The molecule has 2 aromatic heterocycles. The number of hydrogen-bond acceptors (Lipinski definition) is 6. The Balaban J connectivity index is 0.000000349. The molecular weight excluding hydrogens is 576 g/mol. The van der Waals surface area contributed by atoms with Crippen LogP contribution in [-0.4, -0.2) is 66.8 Å². The molecule has 0 saturated heterocycles. The SMILES string of the molecule is Fc1ccc(CN2Cc3ccnn3CC(OCc3ccncc3)C2)cc1F.O=C(O)C(F)(F)F.O=C(O)C(F)(F)F. The third-order valence-corrected chi connectivity index (χ3v) is 5.14. The van der Waals surface area contributed by atoms with Crippen LogP contribution in [0.1, 0.15) is 16.8 Å². The summed E-state index contributed by atoms with van der Waals surface area (Å²) in [6.07, 6.45) is -4.97. The van der Waals surface area contributed by atoms with Crippen molar-refractivity contribution in [1.82, 2.24) is 19.7 Å². The third-order valence-electron chi connectivity index (χ3n) is 5.14. The summed E-state index contributed by atoms with van der Waals surface area (Å²) in [5, 5.41) is 18.6. The first-order chi connectivity index (χ1) is 19.1. The van der Waals surface area contributed by atoms with E-state index >= 15 is 0 Å². The Kier molecular flexibility index (Phi) is 11.7. The summed E-state index contributed by atoms with van der Waals surface area (Å²) in [6.45, 7) is 3.00. The first kappa shape index (κ1) is 33.1. The van der Waals surface area contributed by atoms with E-state index in [-0.39, 0.29) is 6.10 Å². The van der Waals surface area contributed by atoms with Crippen molar-refractivity contribution in [3.8, 4) is 0 Å². The van der Waals surface area contributed by atoms with Crippen LogP contribution in [0, 0.1) is 11.6 Å². The average Bonchev–Trinajstić information content (AvgIpc) is 3.24. The van der Waals surface area contributed by atoms with E-state index in [0.29, 0.717) is 32.8 Å². The number of benzene rings is 1. The van der Waals surface area contributed by atoms with Crippen LogP contribution in [0.3, 0.4) is 0 Å². The van der Waals surface area contributed by atoms with Crippen LogP contribution in [0.2, 0.25) is 0 Å². The lowest BCUT2D eigenvalue weighted by molar-refractivity contribution is -0.193. The number of rotatable bonds is 5. The van der Waals surface area contributed by atoms with E-state index in [1.165, 1.54) is 12.1 Å². The van der Waals surface area contributed by atoms with Gasteiger partial charge in [-0.1, -0.05) is 6.07 Å².